The Morgan fingerprint density at radius 1 is 0.833 bits per heavy atom. The standard InChI is InChI=1S/C25H28N4O6S/c1-25(2,3)23(32)27-16-10-12-17(13-11-16)29-36(34,35)21-9-5-6-18-19(21)7-4-8-20(18)28-24(33)26-15-14-22(30)31/h4-13,29H,14-15H2,1-3H3,(H,27,32)(H,30,31)(H2,26,28,33). The molecule has 0 aliphatic rings. The van der Waals surface area contributed by atoms with E-state index in [4.69, 9.17) is 5.11 Å². The highest BCUT2D eigenvalue weighted by Gasteiger charge is 2.22. The maximum atomic E-state index is 13.2. The van der Waals surface area contributed by atoms with Crippen LogP contribution in [0.25, 0.3) is 10.8 Å². The molecule has 36 heavy (non-hydrogen) atoms. The molecule has 0 atom stereocenters. The number of rotatable bonds is 8. The van der Waals surface area contributed by atoms with Crippen molar-refractivity contribution in [2.45, 2.75) is 32.1 Å². The number of aliphatic carboxylic acids is 1. The normalized spacial score (nSPS) is 11.5. The van der Waals surface area contributed by atoms with E-state index in [-0.39, 0.29) is 23.8 Å². The van der Waals surface area contributed by atoms with Crippen LogP contribution in [0.1, 0.15) is 27.2 Å². The fraction of sp³-hybridized carbons (Fsp3) is 0.240. The highest BCUT2D eigenvalue weighted by Crippen LogP contribution is 2.30. The minimum atomic E-state index is -4.00. The van der Waals surface area contributed by atoms with Crippen molar-refractivity contribution < 1.29 is 27.9 Å². The van der Waals surface area contributed by atoms with Gasteiger partial charge in [0.15, 0.2) is 0 Å². The maximum Gasteiger partial charge on any atom is 0.319 e. The Hall–Kier alpha value is -4.12. The van der Waals surface area contributed by atoms with Gasteiger partial charge in [0, 0.05) is 34.1 Å². The van der Waals surface area contributed by atoms with E-state index in [0.29, 0.717) is 27.8 Å². The molecule has 0 unspecified atom stereocenters. The molecular formula is C25H28N4O6S. The molecule has 190 valence electrons. The average molecular weight is 513 g/mol. The third-order valence-corrected chi connectivity index (χ3v) is 6.56. The first-order valence-corrected chi connectivity index (χ1v) is 12.6. The molecule has 0 aliphatic heterocycles. The molecule has 10 nitrogen and oxygen atoms in total. The van der Waals surface area contributed by atoms with Crippen LogP contribution in [0, 0.1) is 5.41 Å². The summed E-state index contributed by atoms with van der Waals surface area (Å²) in [5, 5.41) is 17.4. The summed E-state index contributed by atoms with van der Waals surface area (Å²) in [5.41, 5.74) is 0.658. The number of fused-ring (bicyclic) bond motifs is 1. The number of carbonyl (C=O) groups is 3. The lowest BCUT2D eigenvalue weighted by Gasteiger charge is -2.18. The highest BCUT2D eigenvalue weighted by atomic mass is 32.2. The number of carbonyl (C=O) groups excluding carboxylic acids is 2. The Balaban J connectivity index is 1.80. The van der Waals surface area contributed by atoms with E-state index in [9.17, 15) is 22.8 Å². The Morgan fingerprint density at radius 2 is 1.44 bits per heavy atom. The van der Waals surface area contributed by atoms with Crippen molar-refractivity contribution in [2.75, 3.05) is 21.9 Å². The van der Waals surface area contributed by atoms with Crippen molar-refractivity contribution in [3.8, 4) is 0 Å². The summed E-state index contributed by atoms with van der Waals surface area (Å²) < 4.78 is 29.0. The maximum absolute atomic E-state index is 13.2. The van der Waals surface area contributed by atoms with Gasteiger partial charge >= 0.3 is 12.0 Å². The monoisotopic (exact) mass is 512 g/mol. The van der Waals surface area contributed by atoms with E-state index in [1.54, 1.807) is 75.4 Å². The molecule has 5 N–H and O–H groups in total. The van der Waals surface area contributed by atoms with E-state index >= 15 is 0 Å². The van der Waals surface area contributed by atoms with Gasteiger partial charge in [-0.3, -0.25) is 14.3 Å². The van der Waals surface area contributed by atoms with Crippen molar-refractivity contribution in [1.29, 1.82) is 0 Å². The van der Waals surface area contributed by atoms with Crippen molar-refractivity contribution in [2.24, 2.45) is 5.41 Å². The fourth-order valence-corrected chi connectivity index (χ4v) is 4.51. The predicted octanol–water partition coefficient (Wildman–Crippen LogP) is 4.22. The zero-order chi connectivity index (χ0) is 26.5. The first-order valence-electron chi connectivity index (χ1n) is 11.1. The van der Waals surface area contributed by atoms with E-state index < -0.39 is 27.4 Å². The molecule has 11 heteroatoms. The van der Waals surface area contributed by atoms with Crippen LogP contribution in [0.5, 0.6) is 0 Å². The Bertz CT molecular complexity index is 1400. The summed E-state index contributed by atoms with van der Waals surface area (Å²) in [4.78, 5) is 34.9. The smallest absolute Gasteiger partial charge is 0.319 e. The number of anilines is 3. The van der Waals surface area contributed by atoms with Gasteiger partial charge in [-0.05, 0) is 36.4 Å². The summed E-state index contributed by atoms with van der Waals surface area (Å²) in [7, 11) is -4.00. The SMILES string of the molecule is CC(C)(C)C(=O)Nc1ccc(NS(=O)(=O)c2cccc3c(NC(=O)NCCC(=O)O)cccc23)cc1. The van der Waals surface area contributed by atoms with Crippen LogP contribution >= 0.6 is 0 Å². The Kier molecular flexibility index (Phi) is 7.83. The van der Waals surface area contributed by atoms with E-state index in [1.807, 2.05) is 0 Å². The molecule has 3 amide bonds. The largest absolute Gasteiger partial charge is 0.481 e. The second-order valence-corrected chi connectivity index (χ2v) is 10.7. The number of benzene rings is 3. The summed E-state index contributed by atoms with van der Waals surface area (Å²) in [6.45, 7) is 5.33. The molecule has 0 aromatic heterocycles. The molecule has 0 spiro atoms. The molecule has 3 aromatic rings. The minimum absolute atomic E-state index is 0.0139. The van der Waals surface area contributed by atoms with Crippen LogP contribution < -0.4 is 20.7 Å². The van der Waals surface area contributed by atoms with E-state index in [2.05, 4.69) is 20.7 Å². The number of amides is 3. The first kappa shape index (κ1) is 26.5. The van der Waals surface area contributed by atoms with Gasteiger partial charge in [-0.15, -0.1) is 0 Å². The number of nitrogens with one attached hydrogen (secondary N) is 4. The van der Waals surface area contributed by atoms with Gasteiger partial charge in [0.05, 0.1) is 17.0 Å². The summed E-state index contributed by atoms with van der Waals surface area (Å²) >= 11 is 0. The predicted molar refractivity (Wildman–Crippen MR) is 139 cm³/mol. The van der Waals surface area contributed by atoms with Gasteiger partial charge in [-0.2, -0.15) is 0 Å². The van der Waals surface area contributed by atoms with Crippen molar-refractivity contribution in [1.82, 2.24) is 5.32 Å². The second-order valence-electron chi connectivity index (χ2n) is 9.07. The number of urea groups is 1. The molecule has 3 aromatic carbocycles. The van der Waals surface area contributed by atoms with Gasteiger partial charge in [0.1, 0.15) is 0 Å². The van der Waals surface area contributed by atoms with Crippen LogP contribution in [0.3, 0.4) is 0 Å². The average Bonchev–Trinajstić information content (AvgIpc) is 2.79. The van der Waals surface area contributed by atoms with Gasteiger partial charge in [0.25, 0.3) is 10.0 Å². The number of hydrogen-bond donors (Lipinski definition) is 5. The van der Waals surface area contributed by atoms with Crippen LogP contribution in [0.4, 0.5) is 21.9 Å². The number of hydrogen-bond acceptors (Lipinski definition) is 5. The molecule has 0 saturated carbocycles. The lowest BCUT2D eigenvalue weighted by Crippen LogP contribution is -2.30. The molecular weight excluding hydrogens is 484 g/mol. The molecule has 0 bridgehead atoms. The van der Waals surface area contributed by atoms with Crippen molar-refractivity contribution in [3.63, 3.8) is 0 Å². The van der Waals surface area contributed by atoms with Gasteiger partial charge in [0.2, 0.25) is 5.91 Å². The van der Waals surface area contributed by atoms with Gasteiger partial charge in [-0.1, -0.05) is 45.0 Å². The molecule has 0 fully saturated rings. The second kappa shape index (κ2) is 10.6. The summed E-state index contributed by atoms with van der Waals surface area (Å²) in [6, 6.07) is 15.3. The summed E-state index contributed by atoms with van der Waals surface area (Å²) in [6.07, 6.45) is -0.221. The zero-order valence-electron chi connectivity index (χ0n) is 20.1. The van der Waals surface area contributed by atoms with Crippen LogP contribution in [-0.4, -0.2) is 38.0 Å². The lowest BCUT2D eigenvalue weighted by molar-refractivity contribution is -0.136. The third kappa shape index (κ3) is 6.72. The molecule has 0 aliphatic carbocycles. The highest BCUT2D eigenvalue weighted by molar-refractivity contribution is 7.93. The molecule has 0 radical (unpaired) electrons. The molecule has 3 rings (SSSR count). The topological polar surface area (TPSA) is 154 Å². The van der Waals surface area contributed by atoms with Gasteiger partial charge < -0.3 is 21.1 Å². The lowest BCUT2D eigenvalue weighted by atomic mass is 9.95. The minimum Gasteiger partial charge on any atom is -0.481 e. The van der Waals surface area contributed by atoms with Gasteiger partial charge in [-0.25, -0.2) is 13.2 Å². The van der Waals surface area contributed by atoms with E-state index in [1.165, 1.54) is 6.07 Å². The Morgan fingerprint density at radius 3 is 2.08 bits per heavy atom. The third-order valence-electron chi connectivity index (χ3n) is 5.12. The fourth-order valence-electron chi connectivity index (χ4n) is 3.22. The molecule has 0 saturated heterocycles. The van der Waals surface area contributed by atoms with Crippen LogP contribution in [-0.2, 0) is 19.6 Å². The molecule has 0 heterocycles. The number of carboxylic acids is 1. The van der Waals surface area contributed by atoms with Crippen LogP contribution in [0.2, 0.25) is 0 Å². The van der Waals surface area contributed by atoms with Crippen LogP contribution in [0.15, 0.2) is 65.6 Å². The Labute approximate surface area is 209 Å². The zero-order valence-corrected chi connectivity index (χ0v) is 20.9. The number of carboxylic acid groups (broad SMARTS) is 1. The van der Waals surface area contributed by atoms with Crippen molar-refractivity contribution in [3.05, 3.63) is 60.7 Å². The number of sulfonamides is 1. The van der Waals surface area contributed by atoms with Crippen molar-refractivity contribution >= 4 is 55.8 Å². The quantitative estimate of drug-likeness (QED) is 0.304. The first-order chi connectivity index (χ1) is 16.9. The van der Waals surface area contributed by atoms with E-state index in [0.717, 1.165) is 0 Å². The summed E-state index contributed by atoms with van der Waals surface area (Å²) in [5.74, 6) is -1.20.